The molecule has 0 aliphatic carbocycles. The van der Waals surface area contributed by atoms with Crippen LogP contribution in [0.4, 0.5) is 4.39 Å². The van der Waals surface area contributed by atoms with Gasteiger partial charge in [-0.15, -0.1) is 0 Å². The third-order valence-electron chi connectivity index (χ3n) is 2.57. The number of hydrogen-bond acceptors (Lipinski definition) is 3. The summed E-state index contributed by atoms with van der Waals surface area (Å²) in [5.74, 6) is 0.0424. The quantitative estimate of drug-likeness (QED) is 0.826. The molecule has 1 N–H and O–H groups in total. The van der Waals surface area contributed by atoms with E-state index in [2.05, 4.69) is 0 Å². The van der Waals surface area contributed by atoms with Gasteiger partial charge >= 0.3 is 0 Å². The van der Waals surface area contributed by atoms with Gasteiger partial charge in [0.15, 0.2) is 6.10 Å². The van der Waals surface area contributed by atoms with Crippen molar-refractivity contribution in [3.63, 3.8) is 0 Å². The number of rotatable bonds is 2. The Morgan fingerprint density at radius 3 is 3.12 bits per heavy atom. The first-order chi connectivity index (χ1) is 8.06. The second-order valence-corrected chi connectivity index (χ2v) is 5.22. The van der Waals surface area contributed by atoms with Gasteiger partial charge in [0.25, 0.3) is 0 Å². The Bertz CT molecular complexity index is 481. The van der Waals surface area contributed by atoms with Gasteiger partial charge in [-0.2, -0.15) is 0 Å². The van der Waals surface area contributed by atoms with Crippen LogP contribution in [0.15, 0.2) is 18.2 Å². The Hall–Kier alpha value is -1.20. The first-order valence-electron chi connectivity index (χ1n) is 5.24. The highest BCUT2D eigenvalue weighted by Crippen LogP contribution is 2.28. The second-order valence-electron chi connectivity index (χ2n) is 3.94. The molecule has 1 aromatic carbocycles. The normalized spacial score (nSPS) is 20.5. The van der Waals surface area contributed by atoms with E-state index in [0.29, 0.717) is 18.6 Å². The maximum Gasteiger partial charge on any atom is 0.203 e. The minimum atomic E-state index is -1.02. The molecule has 17 heavy (non-hydrogen) atoms. The summed E-state index contributed by atoms with van der Waals surface area (Å²) < 4.78 is 27.6. The van der Waals surface area contributed by atoms with Crippen molar-refractivity contribution in [2.75, 3.05) is 6.26 Å². The number of halogens is 1. The van der Waals surface area contributed by atoms with Crippen LogP contribution in [-0.2, 0) is 11.2 Å². The number of fused-ring (bicyclic) bond motifs is 1. The van der Waals surface area contributed by atoms with Crippen molar-refractivity contribution >= 4 is 21.9 Å². The minimum Gasteiger partial charge on any atom is -0.482 e. The third kappa shape index (κ3) is 2.92. The van der Waals surface area contributed by atoms with E-state index in [-0.39, 0.29) is 11.6 Å². The van der Waals surface area contributed by atoms with E-state index in [1.54, 1.807) is 6.26 Å². The predicted molar refractivity (Wildman–Crippen MR) is 66.4 cm³/mol. The maximum atomic E-state index is 13.0. The molecular formula is C12H13FO3S. The summed E-state index contributed by atoms with van der Waals surface area (Å²) in [4.78, 5) is 11.7. The van der Waals surface area contributed by atoms with E-state index >= 15 is 0 Å². The molecule has 0 bridgehead atoms. The molecule has 0 spiro atoms. The number of aryl methyl sites for hydroxylation is 1. The van der Waals surface area contributed by atoms with Crippen molar-refractivity contribution in [2.45, 2.75) is 18.9 Å². The number of Topliss-reactive ketones (excluding diaryl/α,β-unsaturated/α-hetero) is 1. The lowest BCUT2D eigenvalue weighted by Crippen LogP contribution is -2.32. The molecule has 0 fully saturated rings. The third-order valence-corrected chi connectivity index (χ3v) is 3.15. The zero-order valence-electron chi connectivity index (χ0n) is 9.35. The summed E-state index contributed by atoms with van der Waals surface area (Å²) in [5.41, 5.74) is 0.786. The smallest absolute Gasteiger partial charge is 0.203 e. The van der Waals surface area contributed by atoms with E-state index in [1.165, 1.54) is 23.6 Å². The lowest BCUT2D eigenvalue weighted by atomic mass is 10.0. The Balaban J connectivity index is 2.16. The van der Waals surface area contributed by atoms with Crippen molar-refractivity contribution in [3.05, 3.63) is 29.6 Å². The van der Waals surface area contributed by atoms with E-state index in [4.69, 9.17) is 9.29 Å². The first-order valence-corrected chi connectivity index (χ1v) is 6.89. The molecule has 0 amide bonds. The Labute approximate surface area is 101 Å². The van der Waals surface area contributed by atoms with E-state index in [1.807, 2.05) is 0 Å². The van der Waals surface area contributed by atoms with Crippen LogP contribution in [-0.4, -0.2) is 28.1 Å². The highest BCUT2D eigenvalue weighted by atomic mass is 32.2. The fourth-order valence-electron chi connectivity index (χ4n) is 1.80. The van der Waals surface area contributed by atoms with Crippen LogP contribution in [0.3, 0.4) is 0 Å². The number of carbonyl (C=O) groups excluding carboxylic acids is 1. The summed E-state index contributed by atoms with van der Waals surface area (Å²) in [7, 11) is -1.02. The van der Waals surface area contributed by atoms with Gasteiger partial charge in [-0.05, 0) is 36.6 Å². The van der Waals surface area contributed by atoms with Gasteiger partial charge < -0.3 is 9.29 Å². The molecule has 1 aromatic rings. The van der Waals surface area contributed by atoms with Crippen LogP contribution < -0.4 is 4.74 Å². The topological polar surface area (TPSA) is 46.5 Å². The summed E-state index contributed by atoms with van der Waals surface area (Å²) in [5, 5.41) is 1.26. The predicted octanol–water partition coefficient (Wildman–Crippen LogP) is 2.26. The highest BCUT2D eigenvalue weighted by Gasteiger charge is 2.24. The first kappa shape index (κ1) is 12.3. The van der Waals surface area contributed by atoms with Crippen LogP contribution in [0.5, 0.6) is 5.75 Å². The largest absolute Gasteiger partial charge is 0.482 e. The molecule has 2 rings (SSSR count). The molecule has 92 valence electrons. The Morgan fingerprint density at radius 2 is 2.41 bits per heavy atom. The number of ketones is 1. The maximum absolute atomic E-state index is 13.0. The summed E-state index contributed by atoms with van der Waals surface area (Å²) >= 11 is 0. The molecule has 1 aliphatic rings. The zero-order valence-corrected chi connectivity index (χ0v) is 10.2. The molecule has 5 heteroatoms. The standard InChI is InChI=1S/C12H13FO3S/c1-17(15)7-10(14)12-4-2-8-6-9(13)3-5-11(8)16-12/h3,5-7,12,15H,2,4H2,1H3. The Kier molecular flexibility index (Phi) is 3.59. The van der Waals surface area contributed by atoms with Crippen LogP contribution in [0.2, 0.25) is 0 Å². The van der Waals surface area contributed by atoms with Crippen molar-refractivity contribution in [1.82, 2.24) is 0 Å². The van der Waals surface area contributed by atoms with Crippen LogP contribution >= 0.6 is 10.8 Å². The van der Waals surface area contributed by atoms with Crippen molar-refractivity contribution in [1.29, 1.82) is 0 Å². The van der Waals surface area contributed by atoms with Crippen LogP contribution in [0.25, 0.3) is 0 Å². The average molecular weight is 256 g/mol. The van der Waals surface area contributed by atoms with Gasteiger partial charge in [-0.3, -0.25) is 4.79 Å². The summed E-state index contributed by atoms with van der Waals surface area (Å²) in [6.07, 6.45) is 2.11. The zero-order chi connectivity index (χ0) is 12.4. The molecule has 1 heterocycles. The monoisotopic (exact) mass is 256 g/mol. The van der Waals surface area contributed by atoms with Gasteiger partial charge in [-0.1, -0.05) is 10.8 Å². The lowest BCUT2D eigenvalue weighted by Gasteiger charge is -2.24. The number of hydrogen-bond donors (Lipinski definition) is 1. The molecule has 0 radical (unpaired) electrons. The number of benzene rings is 1. The van der Waals surface area contributed by atoms with E-state index in [9.17, 15) is 9.18 Å². The SMILES string of the molecule is C/S(O)=C\C(=O)C1CCc2cc(F)ccc2O1. The van der Waals surface area contributed by atoms with Gasteiger partial charge in [-0.25, -0.2) is 4.39 Å². The molecule has 2 unspecified atom stereocenters. The Morgan fingerprint density at radius 1 is 1.65 bits per heavy atom. The summed E-state index contributed by atoms with van der Waals surface area (Å²) in [6, 6.07) is 4.27. The molecule has 2 atom stereocenters. The number of ether oxygens (including phenoxy) is 1. The summed E-state index contributed by atoms with van der Waals surface area (Å²) in [6.45, 7) is 0. The minimum absolute atomic E-state index is 0.215. The molecule has 1 aliphatic heterocycles. The fraction of sp³-hybridized carbons (Fsp3) is 0.333. The van der Waals surface area contributed by atoms with Gasteiger partial charge in [0.1, 0.15) is 11.6 Å². The highest BCUT2D eigenvalue weighted by molar-refractivity contribution is 8.10. The lowest BCUT2D eigenvalue weighted by molar-refractivity contribution is -0.119. The molecule has 0 saturated carbocycles. The fourth-order valence-corrected chi connectivity index (χ4v) is 2.29. The second kappa shape index (κ2) is 4.98. The van der Waals surface area contributed by atoms with Crippen molar-refractivity contribution < 1.29 is 18.5 Å². The van der Waals surface area contributed by atoms with E-state index < -0.39 is 16.9 Å². The van der Waals surface area contributed by atoms with Crippen molar-refractivity contribution in [3.8, 4) is 5.75 Å². The van der Waals surface area contributed by atoms with Gasteiger partial charge in [0.2, 0.25) is 5.78 Å². The van der Waals surface area contributed by atoms with Gasteiger partial charge in [0.05, 0.1) is 0 Å². The molecule has 0 saturated heterocycles. The average Bonchev–Trinajstić information content (AvgIpc) is 2.27. The van der Waals surface area contributed by atoms with E-state index in [0.717, 1.165) is 5.56 Å². The van der Waals surface area contributed by atoms with Gasteiger partial charge in [0, 0.05) is 11.6 Å². The molecular weight excluding hydrogens is 243 g/mol. The number of carbonyl (C=O) groups is 1. The van der Waals surface area contributed by atoms with Crippen LogP contribution in [0, 0.1) is 5.82 Å². The molecule has 0 aromatic heterocycles. The van der Waals surface area contributed by atoms with Crippen molar-refractivity contribution in [2.24, 2.45) is 0 Å². The molecule has 3 nitrogen and oxygen atoms in total. The van der Waals surface area contributed by atoms with Crippen LogP contribution in [0.1, 0.15) is 12.0 Å².